The molecule has 4 nitrogen and oxygen atoms in total. The maximum atomic E-state index is 12.9. The van der Waals surface area contributed by atoms with Crippen molar-refractivity contribution in [2.24, 2.45) is 0 Å². The Morgan fingerprint density at radius 1 is 1.32 bits per heavy atom. The van der Waals surface area contributed by atoms with Crippen molar-refractivity contribution in [2.75, 3.05) is 25.5 Å². The van der Waals surface area contributed by atoms with E-state index < -0.39 is 0 Å². The number of hydrogen-bond acceptors (Lipinski definition) is 2. The highest BCUT2D eigenvalue weighted by Gasteiger charge is 2.40. The van der Waals surface area contributed by atoms with E-state index in [2.05, 4.69) is 19.3 Å². The quantitative estimate of drug-likeness (QED) is 0.662. The van der Waals surface area contributed by atoms with E-state index in [0.717, 1.165) is 53.6 Å². The van der Waals surface area contributed by atoms with Crippen LogP contribution in [-0.2, 0) is 4.79 Å². The summed E-state index contributed by atoms with van der Waals surface area (Å²) in [5, 5.41) is 12.8. The first-order valence-electron chi connectivity index (χ1n) is 8.32. The minimum Gasteiger partial charge on any atom is -0.508 e. The molecule has 0 spiro atoms. The number of nitrogens with zero attached hydrogens (tertiary/aromatic N) is 1. The van der Waals surface area contributed by atoms with Crippen LogP contribution in [0.1, 0.15) is 43.7 Å². The Morgan fingerprint density at radius 2 is 1.95 bits per heavy atom. The van der Waals surface area contributed by atoms with Crippen molar-refractivity contribution in [3.05, 3.63) is 23.3 Å². The molecule has 1 saturated heterocycles. The number of benzene rings is 1. The van der Waals surface area contributed by atoms with Gasteiger partial charge in [0.25, 0.3) is 5.91 Å². The zero-order valence-electron chi connectivity index (χ0n) is 14.3. The van der Waals surface area contributed by atoms with Crippen LogP contribution in [0.25, 0.3) is 0 Å². The van der Waals surface area contributed by atoms with Gasteiger partial charge in [-0.15, -0.1) is 0 Å². The molecule has 4 heteroatoms. The summed E-state index contributed by atoms with van der Waals surface area (Å²) in [6, 6.07) is 3.42. The van der Waals surface area contributed by atoms with Crippen LogP contribution in [0.4, 0.5) is 5.69 Å². The van der Waals surface area contributed by atoms with E-state index in [1.54, 1.807) is 12.1 Å². The van der Waals surface area contributed by atoms with Crippen molar-refractivity contribution in [3.63, 3.8) is 0 Å². The summed E-state index contributed by atoms with van der Waals surface area (Å²) in [6.07, 6.45) is 4.39. The number of amides is 1. The predicted octanol–water partition coefficient (Wildman–Crippen LogP) is 3.36. The van der Waals surface area contributed by atoms with Gasteiger partial charge in [0.05, 0.1) is 20.1 Å². The highest BCUT2D eigenvalue weighted by molar-refractivity contribution is 5.95. The van der Waals surface area contributed by atoms with Crippen LogP contribution in [0.5, 0.6) is 5.75 Å². The molecule has 22 heavy (non-hydrogen) atoms. The van der Waals surface area contributed by atoms with Crippen molar-refractivity contribution in [1.82, 2.24) is 0 Å². The van der Waals surface area contributed by atoms with Crippen molar-refractivity contribution in [3.8, 4) is 5.75 Å². The van der Waals surface area contributed by atoms with Crippen molar-refractivity contribution in [2.45, 2.75) is 52.5 Å². The van der Waals surface area contributed by atoms with E-state index in [9.17, 15) is 9.90 Å². The number of aryl methyl sites for hydroxylation is 2. The van der Waals surface area contributed by atoms with Gasteiger partial charge in [-0.05, 0) is 56.4 Å². The van der Waals surface area contributed by atoms with Crippen LogP contribution in [0.3, 0.4) is 0 Å². The first-order valence-corrected chi connectivity index (χ1v) is 8.32. The van der Waals surface area contributed by atoms with E-state index in [1.807, 2.05) is 13.8 Å². The van der Waals surface area contributed by atoms with Crippen molar-refractivity contribution >= 4 is 11.6 Å². The Balaban J connectivity index is 2.21. The number of carbonyl (C=O) groups excluding carboxylic acids is 1. The zero-order chi connectivity index (χ0) is 16.3. The molecular formula is C18H29N2O2+. The van der Waals surface area contributed by atoms with E-state index >= 15 is 0 Å². The summed E-state index contributed by atoms with van der Waals surface area (Å²) in [7, 11) is 2.21. The summed E-state index contributed by atoms with van der Waals surface area (Å²) in [4.78, 5) is 12.9. The molecule has 0 saturated carbocycles. The minimum atomic E-state index is 0.0290. The first kappa shape index (κ1) is 16.8. The molecular weight excluding hydrogens is 276 g/mol. The maximum absolute atomic E-state index is 12.9. The second-order valence-electron chi connectivity index (χ2n) is 6.88. The number of anilines is 1. The normalized spacial score (nSPS) is 25.0. The zero-order valence-corrected chi connectivity index (χ0v) is 14.3. The van der Waals surface area contributed by atoms with E-state index in [0.29, 0.717) is 0 Å². The molecule has 0 radical (unpaired) electrons. The number of phenols is 1. The fraction of sp³-hybridized carbons (Fsp3) is 0.611. The first-order chi connectivity index (χ1) is 10.4. The number of rotatable bonds is 4. The van der Waals surface area contributed by atoms with Gasteiger partial charge in [-0.1, -0.05) is 6.92 Å². The molecule has 1 aromatic rings. The molecule has 1 aromatic carbocycles. The van der Waals surface area contributed by atoms with Gasteiger partial charge in [0, 0.05) is 12.1 Å². The Bertz CT molecular complexity index is 529. The highest BCUT2D eigenvalue weighted by atomic mass is 16.3. The lowest BCUT2D eigenvalue weighted by molar-refractivity contribution is -0.929. The maximum Gasteiger partial charge on any atom is 0.282 e. The monoisotopic (exact) mass is 305 g/mol. The highest BCUT2D eigenvalue weighted by Crippen LogP contribution is 2.29. The summed E-state index contributed by atoms with van der Waals surface area (Å²) in [5.74, 6) is 0.366. The van der Waals surface area contributed by atoms with Crippen LogP contribution in [0.2, 0.25) is 0 Å². The molecule has 122 valence electrons. The average Bonchev–Trinajstić information content (AvgIpc) is 2.43. The molecule has 1 aliphatic rings. The van der Waals surface area contributed by atoms with Crippen LogP contribution in [-0.4, -0.2) is 41.7 Å². The van der Waals surface area contributed by atoms with Crippen molar-refractivity contribution < 1.29 is 14.4 Å². The number of likely N-dealkylation sites (N-methyl/N-ethyl adjacent to an activating group) is 1. The number of likely N-dealkylation sites (tertiary alicyclic amines) is 1. The van der Waals surface area contributed by atoms with Crippen molar-refractivity contribution in [1.29, 1.82) is 0 Å². The fourth-order valence-electron chi connectivity index (χ4n) is 3.82. The van der Waals surface area contributed by atoms with Crippen LogP contribution in [0.15, 0.2) is 12.1 Å². The molecule has 1 fully saturated rings. The largest absolute Gasteiger partial charge is 0.508 e. The molecule has 1 heterocycles. The number of carbonyl (C=O) groups is 1. The Morgan fingerprint density at radius 3 is 2.55 bits per heavy atom. The Hall–Kier alpha value is -1.55. The van der Waals surface area contributed by atoms with E-state index in [1.165, 1.54) is 6.42 Å². The number of phenolic OH excluding ortho intramolecular Hbond substituents is 1. The van der Waals surface area contributed by atoms with E-state index in [-0.39, 0.29) is 17.7 Å². The lowest BCUT2D eigenvalue weighted by Gasteiger charge is -2.43. The molecule has 1 unspecified atom stereocenters. The summed E-state index contributed by atoms with van der Waals surface area (Å²) >= 11 is 0. The lowest BCUT2D eigenvalue weighted by atomic mass is 9.97. The third kappa shape index (κ3) is 3.43. The third-order valence-electron chi connectivity index (χ3n) is 4.95. The Kier molecular flexibility index (Phi) is 5.12. The summed E-state index contributed by atoms with van der Waals surface area (Å²) < 4.78 is 0.846. The van der Waals surface area contributed by atoms with E-state index in [4.69, 9.17) is 0 Å². The topological polar surface area (TPSA) is 49.3 Å². The predicted molar refractivity (Wildman–Crippen MR) is 90.1 cm³/mol. The second-order valence-corrected chi connectivity index (χ2v) is 6.88. The third-order valence-corrected chi connectivity index (χ3v) is 4.95. The molecule has 0 aliphatic carbocycles. The summed E-state index contributed by atoms with van der Waals surface area (Å²) in [6.45, 7) is 8.15. The van der Waals surface area contributed by atoms with Gasteiger partial charge in [-0.25, -0.2) is 0 Å². The molecule has 1 amide bonds. The molecule has 2 atom stereocenters. The van der Waals surface area contributed by atoms with Gasteiger partial charge in [0.1, 0.15) is 5.75 Å². The molecule has 2 rings (SSSR count). The number of hydrogen-bond donors (Lipinski definition) is 2. The fourth-order valence-corrected chi connectivity index (χ4v) is 3.82. The van der Waals surface area contributed by atoms with Gasteiger partial charge < -0.3 is 14.9 Å². The molecule has 2 N–H and O–H groups in total. The van der Waals surface area contributed by atoms with Gasteiger partial charge in [0.15, 0.2) is 6.04 Å². The van der Waals surface area contributed by atoms with Gasteiger partial charge in [-0.2, -0.15) is 0 Å². The van der Waals surface area contributed by atoms with Crippen LogP contribution >= 0.6 is 0 Å². The molecule has 1 aliphatic heterocycles. The Labute approximate surface area is 133 Å². The molecule has 0 bridgehead atoms. The number of aromatic hydroxyl groups is 1. The average molecular weight is 305 g/mol. The van der Waals surface area contributed by atoms with Gasteiger partial charge in [0.2, 0.25) is 0 Å². The second kappa shape index (κ2) is 6.69. The SMILES string of the molecule is CCC[N+]1(C)CCCC[C@H]1C(=O)Nc1c(C)cc(O)cc1C. The van der Waals surface area contributed by atoms with Gasteiger partial charge in [-0.3, -0.25) is 4.79 Å². The standard InChI is InChI=1S/C18H28N2O2/c1-5-9-20(4)10-7-6-8-16(20)18(22)19-17-13(2)11-15(21)12-14(17)3/h11-12,16H,5-10H2,1-4H3,(H-,19,21,22)/p+1/t16-,20?/m0/s1. The van der Waals surface area contributed by atoms with Crippen LogP contribution in [0, 0.1) is 13.8 Å². The van der Waals surface area contributed by atoms with Crippen LogP contribution < -0.4 is 5.32 Å². The molecule has 0 aromatic heterocycles. The lowest BCUT2D eigenvalue weighted by Crippen LogP contribution is -2.60. The van der Waals surface area contributed by atoms with Gasteiger partial charge >= 0.3 is 0 Å². The number of piperidine rings is 1. The smallest absolute Gasteiger partial charge is 0.282 e. The number of quaternary nitrogens is 1. The minimum absolute atomic E-state index is 0.0290. The number of nitrogens with one attached hydrogen (secondary N) is 1. The summed E-state index contributed by atoms with van der Waals surface area (Å²) in [5.41, 5.74) is 2.66.